The molecule has 0 bridgehead atoms. The van der Waals surface area contributed by atoms with Crippen LogP contribution in [-0.2, 0) is 19.5 Å². The van der Waals surface area contributed by atoms with Crippen LogP contribution in [0.2, 0.25) is 0 Å². The first-order chi connectivity index (χ1) is 10.2. The predicted octanol–water partition coefficient (Wildman–Crippen LogP) is 0.403. The molecule has 5 N–H and O–H groups in total. The van der Waals surface area contributed by atoms with Gasteiger partial charge in [0.15, 0.2) is 11.2 Å². The predicted molar refractivity (Wildman–Crippen MR) is 80.6 cm³/mol. The molecule has 108 valence electrons. The topological polar surface area (TPSA) is 116 Å². The maximum absolute atomic E-state index is 11.7. The summed E-state index contributed by atoms with van der Waals surface area (Å²) in [5.41, 5.74) is 13.9. The Hall–Kier alpha value is -2.67. The largest absolute Gasteiger partial charge is 0.369 e. The number of anilines is 1. The summed E-state index contributed by atoms with van der Waals surface area (Å²) in [6, 6.07) is 8.14. The SMILES string of the molecule is NCc1ccc(CCn2cnc3c(=O)[nH]c(N)nc32)cc1. The summed E-state index contributed by atoms with van der Waals surface area (Å²) in [5.74, 6) is 0.0987. The molecule has 0 amide bonds. The smallest absolute Gasteiger partial charge is 0.280 e. The molecule has 0 atom stereocenters. The van der Waals surface area contributed by atoms with Gasteiger partial charge in [-0.1, -0.05) is 24.3 Å². The molecule has 0 aliphatic heterocycles. The van der Waals surface area contributed by atoms with Crippen LogP contribution in [0.15, 0.2) is 35.4 Å². The number of hydrogen-bond donors (Lipinski definition) is 3. The molecular formula is C14H16N6O. The Bertz CT molecular complexity index is 818. The summed E-state index contributed by atoms with van der Waals surface area (Å²) in [6.07, 6.45) is 2.42. The molecule has 0 aliphatic carbocycles. The fourth-order valence-corrected chi connectivity index (χ4v) is 2.23. The fraction of sp³-hybridized carbons (Fsp3) is 0.214. The Balaban J connectivity index is 1.83. The van der Waals surface area contributed by atoms with Crippen molar-refractivity contribution in [2.45, 2.75) is 19.5 Å². The average Bonchev–Trinajstić information content (AvgIpc) is 2.89. The summed E-state index contributed by atoms with van der Waals surface area (Å²) >= 11 is 0. The van der Waals surface area contributed by atoms with Crippen LogP contribution in [0, 0.1) is 0 Å². The Labute approximate surface area is 120 Å². The summed E-state index contributed by atoms with van der Waals surface area (Å²) in [6.45, 7) is 1.22. The van der Waals surface area contributed by atoms with Gasteiger partial charge in [-0.2, -0.15) is 4.98 Å². The highest BCUT2D eigenvalue weighted by Gasteiger charge is 2.09. The molecule has 3 rings (SSSR count). The molecule has 0 spiro atoms. The maximum atomic E-state index is 11.7. The van der Waals surface area contributed by atoms with E-state index in [-0.39, 0.29) is 11.5 Å². The zero-order chi connectivity index (χ0) is 14.8. The number of aryl methyl sites for hydroxylation is 2. The number of nitrogens with zero attached hydrogens (tertiary/aromatic N) is 3. The summed E-state index contributed by atoms with van der Waals surface area (Å²) < 4.78 is 1.83. The van der Waals surface area contributed by atoms with Crippen LogP contribution in [0.4, 0.5) is 5.95 Å². The second-order valence-corrected chi connectivity index (χ2v) is 4.83. The second kappa shape index (κ2) is 5.37. The molecule has 0 aliphatic rings. The third-order valence-corrected chi connectivity index (χ3v) is 3.39. The minimum atomic E-state index is -0.316. The van der Waals surface area contributed by atoms with Crippen LogP contribution in [0.5, 0.6) is 0 Å². The zero-order valence-corrected chi connectivity index (χ0v) is 11.4. The van der Waals surface area contributed by atoms with Gasteiger partial charge in [0.1, 0.15) is 0 Å². The zero-order valence-electron chi connectivity index (χ0n) is 11.4. The quantitative estimate of drug-likeness (QED) is 0.641. The molecule has 21 heavy (non-hydrogen) atoms. The molecular weight excluding hydrogens is 268 g/mol. The number of hydrogen-bond acceptors (Lipinski definition) is 5. The lowest BCUT2D eigenvalue weighted by atomic mass is 10.1. The van der Waals surface area contributed by atoms with Crippen molar-refractivity contribution in [2.24, 2.45) is 5.73 Å². The lowest BCUT2D eigenvalue weighted by Gasteiger charge is -2.05. The number of nitrogens with two attached hydrogens (primary N) is 2. The van der Waals surface area contributed by atoms with E-state index >= 15 is 0 Å². The molecule has 0 saturated carbocycles. The normalized spacial score (nSPS) is 11.1. The highest BCUT2D eigenvalue weighted by Crippen LogP contribution is 2.10. The van der Waals surface area contributed by atoms with Crippen LogP contribution in [0.3, 0.4) is 0 Å². The van der Waals surface area contributed by atoms with E-state index in [4.69, 9.17) is 11.5 Å². The molecule has 0 fully saturated rings. The van der Waals surface area contributed by atoms with Crippen molar-refractivity contribution in [1.29, 1.82) is 0 Å². The lowest BCUT2D eigenvalue weighted by molar-refractivity contribution is 0.709. The number of nitrogens with one attached hydrogen (secondary N) is 1. The highest BCUT2D eigenvalue weighted by molar-refractivity contribution is 5.70. The van der Waals surface area contributed by atoms with Gasteiger partial charge in [-0.3, -0.25) is 9.78 Å². The number of benzene rings is 1. The third-order valence-electron chi connectivity index (χ3n) is 3.39. The van der Waals surface area contributed by atoms with E-state index in [1.54, 1.807) is 6.33 Å². The van der Waals surface area contributed by atoms with Crippen LogP contribution in [-0.4, -0.2) is 19.5 Å². The maximum Gasteiger partial charge on any atom is 0.280 e. The summed E-state index contributed by atoms with van der Waals surface area (Å²) in [7, 11) is 0. The summed E-state index contributed by atoms with van der Waals surface area (Å²) in [4.78, 5) is 22.4. The van der Waals surface area contributed by atoms with Crippen LogP contribution < -0.4 is 17.0 Å². The van der Waals surface area contributed by atoms with Gasteiger partial charge < -0.3 is 16.0 Å². The minimum absolute atomic E-state index is 0.0987. The number of H-pyrrole nitrogens is 1. The van der Waals surface area contributed by atoms with E-state index < -0.39 is 0 Å². The van der Waals surface area contributed by atoms with Crippen molar-refractivity contribution in [2.75, 3.05) is 5.73 Å². The molecule has 2 aromatic heterocycles. The van der Waals surface area contributed by atoms with E-state index in [1.165, 1.54) is 5.56 Å². The van der Waals surface area contributed by atoms with Gasteiger partial charge in [0.2, 0.25) is 5.95 Å². The van der Waals surface area contributed by atoms with Gasteiger partial charge in [-0.15, -0.1) is 0 Å². The number of rotatable bonds is 4. The van der Waals surface area contributed by atoms with Crippen LogP contribution >= 0.6 is 0 Å². The first-order valence-corrected chi connectivity index (χ1v) is 6.66. The molecule has 2 heterocycles. The van der Waals surface area contributed by atoms with Gasteiger partial charge in [0, 0.05) is 13.1 Å². The van der Waals surface area contributed by atoms with E-state index in [0.29, 0.717) is 24.3 Å². The number of nitrogen functional groups attached to an aromatic ring is 1. The Morgan fingerprint density at radius 1 is 1.19 bits per heavy atom. The standard InChI is InChI=1S/C14H16N6O/c15-7-10-3-1-9(2-4-10)5-6-20-8-17-11-12(20)18-14(16)19-13(11)21/h1-4,8H,5-7,15H2,(H3,16,18,19,21). The fourth-order valence-electron chi connectivity index (χ4n) is 2.23. The Morgan fingerprint density at radius 3 is 2.62 bits per heavy atom. The molecule has 1 aromatic carbocycles. The average molecular weight is 284 g/mol. The van der Waals surface area contributed by atoms with Gasteiger partial charge in [0.05, 0.1) is 6.33 Å². The summed E-state index contributed by atoms with van der Waals surface area (Å²) in [5, 5.41) is 0. The molecule has 0 radical (unpaired) electrons. The molecule has 0 unspecified atom stereocenters. The van der Waals surface area contributed by atoms with Gasteiger partial charge in [-0.25, -0.2) is 4.98 Å². The third kappa shape index (κ3) is 2.63. The van der Waals surface area contributed by atoms with Crippen molar-refractivity contribution < 1.29 is 0 Å². The second-order valence-electron chi connectivity index (χ2n) is 4.83. The number of fused-ring (bicyclic) bond motifs is 1. The van der Waals surface area contributed by atoms with Crippen LogP contribution in [0.25, 0.3) is 11.2 Å². The van der Waals surface area contributed by atoms with Gasteiger partial charge >= 0.3 is 0 Å². The van der Waals surface area contributed by atoms with E-state index in [2.05, 4.69) is 27.1 Å². The lowest BCUT2D eigenvalue weighted by Crippen LogP contribution is -2.12. The van der Waals surface area contributed by atoms with E-state index in [9.17, 15) is 4.79 Å². The van der Waals surface area contributed by atoms with Crippen molar-refractivity contribution in [3.05, 3.63) is 52.1 Å². The molecule has 7 heteroatoms. The van der Waals surface area contributed by atoms with E-state index in [1.807, 2.05) is 16.7 Å². The molecule has 0 saturated heterocycles. The van der Waals surface area contributed by atoms with E-state index in [0.717, 1.165) is 12.0 Å². The molecule has 3 aromatic rings. The van der Waals surface area contributed by atoms with Crippen molar-refractivity contribution >= 4 is 17.1 Å². The van der Waals surface area contributed by atoms with Crippen LogP contribution in [0.1, 0.15) is 11.1 Å². The number of aromatic nitrogens is 4. The van der Waals surface area contributed by atoms with Gasteiger partial charge in [0.25, 0.3) is 5.56 Å². The minimum Gasteiger partial charge on any atom is -0.369 e. The number of aromatic amines is 1. The monoisotopic (exact) mass is 284 g/mol. The number of imidazole rings is 1. The first kappa shape index (κ1) is 13.3. The molecule has 7 nitrogen and oxygen atoms in total. The Kier molecular flexibility index (Phi) is 3.41. The van der Waals surface area contributed by atoms with Gasteiger partial charge in [-0.05, 0) is 17.5 Å². The van der Waals surface area contributed by atoms with Crippen molar-refractivity contribution in [3.8, 4) is 0 Å². The van der Waals surface area contributed by atoms with Crippen molar-refractivity contribution in [1.82, 2.24) is 19.5 Å². The highest BCUT2D eigenvalue weighted by atomic mass is 16.1. The van der Waals surface area contributed by atoms with Crippen molar-refractivity contribution in [3.63, 3.8) is 0 Å². The Morgan fingerprint density at radius 2 is 1.90 bits per heavy atom. The first-order valence-electron chi connectivity index (χ1n) is 6.66.